The van der Waals surface area contributed by atoms with Crippen molar-refractivity contribution in [2.24, 2.45) is 5.92 Å². The fraction of sp³-hybridized carbons (Fsp3) is 0.786. The zero-order chi connectivity index (χ0) is 16.0. The Morgan fingerprint density at radius 3 is 2.19 bits per heavy atom. The highest BCUT2D eigenvalue weighted by molar-refractivity contribution is 5.88. The summed E-state index contributed by atoms with van der Waals surface area (Å²) in [6, 6.07) is -2.23. The Hall–Kier alpha value is -1.79. The molecule has 21 heavy (non-hydrogen) atoms. The van der Waals surface area contributed by atoms with Crippen LogP contribution in [0.2, 0.25) is 0 Å². The van der Waals surface area contributed by atoms with E-state index in [4.69, 9.17) is 5.11 Å². The molecule has 0 radical (unpaired) electrons. The van der Waals surface area contributed by atoms with Crippen molar-refractivity contribution in [3.63, 3.8) is 0 Å². The molecule has 1 saturated heterocycles. The minimum atomic E-state index is -1.07. The van der Waals surface area contributed by atoms with E-state index in [-0.39, 0.29) is 11.8 Å². The highest BCUT2D eigenvalue weighted by atomic mass is 16.4. The summed E-state index contributed by atoms with van der Waals surface area (Å²) >= 11 is 0. The number of urea groups is 1. The molecule has 0 aliphatic carbocycles. The highest BCUT2D eigenvalue weighted by Gasteiger charge is 2.28. The van der Waals surface area contributed by atoms with Gasteiger partial charge in [0, 0.05) is 13.1 Å². The van der Waals surface area contributed by atoms with Gasteiger partial charge in [0.1, 0.15) is 12.1 Å². The molecule has 0 spiro atoms. The molecular weight excluding hydrogens is 274 g/mol. The van der Waals surface area contributed by atoms with Crippen molar-refractivity contribution >= 4 is 17.9 Å². The van der Waals surface area contributed by atoms with Crippen molar-refractivity contribution in [1.82, 2.24) is 15.5 Å². The summed E-state index contributed by atoms with van der Waals surface area (Å²) in [7, 11) is 0. The van der Waals surface area contributed by atoms with Crippen LogP contribution in [-0.4, -0.2) is 53.1 Å². The Balaban J connectivity index is 2.51. The number of carbonyl (C=O) groups excluding carboxylic acids is 2. The van der Waals surface area contributed by atoms with E-state index in [1.165, 1.54) is 0 Å². The van der Waals surface area contributed by atoms with E-state index in [0.29, 0.717) is 6.42 Å². The maximum atomic E-state index is 12.1. The number of nitrogens with zero attached hydrogens (tertiary/aromatic N) is 1. The molecule has 0 aromatic heterocycles. The molecule has 3 atom stereocenters. The molecule has 120 valence electrons. The fourth-order valence-electron chi connectivity index (χ4n) is 2.34. The predicted molar refractivity (Wildman–Crippen MR) is 77.8 cm³/mol. The van der Waals surface area contributed by atoms with E-state index < -0.39 is 24.1 Å². The lowest BCUT2D eigenvalue weighted by Crippen LogP contribution is -2.54. The number of amides is 3. The van der Waals surface area contributed by atoms with Gasteiger partial charge in [-0.2, -0.15) is 0 Å². The smallest absolute Gasteiger partial charge is 0.326 e. The average molecular weight is 299 g/mol. The SMILES string of the molecule is CCC(C)C(NC(=O)NC(C)C(=O)N1CCCC1)C(=O)O. The standard InChI is InChI=1S/C14H25N3O4/c1-4-9(2)11(13(19)20)16-14(21)15-10(3)12(18)17-7-5-6-8-17/h9-11H,4-8H2,1-3H3,(H,19,20)(H2,15,16,21). The van der Waals surface area contributed by atoms with Gasteiger partial charge < -0.3 is 20.6 Å². The van der Waals surface area contributed by atoms with Crippen LogP contribution in [0.3, 0.4) is 0 Å². The van der Waals surface area contributed by atoms with E-state index in [1.54, 1.807) is 18.7 Å². The number of rotatable bonds is 6. The van der Waals surface area contributed by atoms with Gasteiger partial charge in [-0.25, -0.2) is 9.59 Å². The van der Waals surface area contributed by atoms with Crippen LogP contribution in [0.5, 0.6) is 0 Å². The summed E-state index contributed by atoms with van der Waals surface area (Å²) in [6.07, 6.45) is 2.61. The zero-order valence-electron chi connectivity index (χ0n) is 12.9. The van der Waals surface area contributed by atoms with E-state index >= 15 is 0 Å². The fourth-order valence-corrected chi connectivity index (χ4v) is 2.34. The lowest BCUT2D eigenvalue weighted by molar-refractivity contribution is -0.140. The van der Waals surface area contributed by atoms with Crippen LogP contribution in [0.15, 0.2) is 0 Å². The molecule has 1 aliphatic heterocycles. The van der Waals surface area contributed by atoms with Crippen molar-refractivity contribution in [2.75, 3.05) is 13.1 Å². The van der Waals surface area contributed by atoms with E-state index in [0.717, 1.165) is 25.9 Å². The first-order valence-corrected chi connectivity index (χ1v) is 7.45. The molecule has 3 N–H and O–H groups in total. The van der Waals surface area contributed by atoms with Crippen molar-refractivity contribution in [3.8, 4) is 0 Å². The molecule has 7 nitrogen and oxygen atoms in total. The summed E-state index contributed by atoms with van der Waals surface area (Å²) in [5, 5.41) is 14.1. The number of hydrogen-bond acceptors (Lipinski definition) is 3. The number of nitrogens with one attached hydrogen (secondary N) is 2. The van der Waals surface area contributed by atoms with Gasteiger partial charge in [0.25, 0.3) is 0 Å². The Kier molecular flexibility index (Phi) is 6.45. The third kappa shape index (κ3) is 4.91. The van der Waals surface area contributed by atoms with Gasteiger partial charge in [-0.05, 0) is 25.7 Å². The summed E-state index contributed by atoms with van der Waals surface area (Å²) < 4.78 is 0. The molecule has 3 unspecified atom stereocenters. The minimum absolute atomic E-state index is 0.127. The van der Waals surface area contributed by atoms with Gasteiger partial charge in [-0.15, -0.1) is 0 Å². The number of carbonyl (C=O) groups is 3. The molecule has 0 saturated carbocycles. The first-order valence-electron chi connectivity index (χ1n) is 7.45. The topological polar surface area (TPSA) is 98.7 Å². The molecule has 0 aromatic carbocycles. The number of aliphatic carboxylic acids is 1. The molecule has 1 fully saturated rings. The molecule has 0 aromatic rings. The molecule has 0 bridgehead atoms. The van der Waals surface area contributed by atoms with Crippen LogP contribution >= 0.6 is 0 Å². The van der Waals surface area contributed by atoms with Crippen molar-refractivity contribution < 1.29 is 19.5 Å². The van der Waals surface area contributed by atoms with E-state index in [1.807, 2.05) is 6.92 Å². The third-order valence-corrected chi connectivity index (χ3v) is 3.90. The van der Waals surface area contributed by atoms with Gasteiger partial charge >= 0.3 is 12.0 Å². The van der Waals surface area contributed by atoms with Crippen LogP contribution in [0, 0.1) is 5.92 Å². The maximum Gasteiger partial charge on any atom is 0.326 e. The molecule has 1 heterocycles. The normalized spacial score (nSPS) is 18.7. The van der Waals surface area contributed by atoms with Crippen LogP contribution in [0.4, 0.5) is 4.79 Å². The number of likely N-dealkylation sites (tertiary alicyclic amines) is 1. The molecule has 3 amide bonds. The lowest BCUT2D eigenvalue weighted by atomic mass is 9.99. The van der Waals surface area contributed by atoms with Crippen LogP contribution in [-0.2, 0) is 9.59 Å². The van der Waals surface area contributed by atoms with Crippen molar-refractivity contribution in [3.05, 3.63) is 0 Å². The van der Waals surface area contributed by atoms with E-state index in [2.05, 4.69) is 10.6 Å². The van der Waals surface area contributed by atoms with E-state index in [9.17, 15) is 14.4 Å². The summed E-state index contributed by atoms with van der Waals surface area (Å²) in [5.74, 6) is -1.38. The van der Waals surface area contributed by atoms with Gasteiger partial charge in [-0.1, -0.05) is 20.3 Å². The second-order valence-corrected chi connectivity index (χ2v) is 5.57. The Morgan fingerprint density at radius 2 is 1.71 bits per heavy atom. The van der Waals surface area contributed by atoms with Gasteiger partial charge in [0.2, 0.25) is 5.91 Å². The lowest BCUT2D eigenvalue weighted by Gasteiger charge is -2.24. The third-order valence-electron chi connectivity index (χ3n) is 3.90. The summed E-state index contributed by atoms with van der Waals surface area (Å²) in [5.41, 5.74) is 0. The van der Waals surface area contributed by atoms with Crippen LogP contribution < -0.4 is 10.6 Å². The van der Waals surface area contributed by atoms with Gasteiger partial charge in [-0.3, -0.25) is 4.79 Å². The van der Waals surface area contributed by atoms with Crippen LogP contribution in [0.1, 0.15) is 40.0 Å². The monoisotopic (exact) mass is 299 g/mol. The maximum absolute atomic E-state index is 12.1. The Bertz CT molecular complexity index is 394. The second-order valence-electron chi connectivity index (χ2n) is 5.57. The van der Waals surface area contributed by atoms with Crippen LogP contribution in [0.25, 0.3) is 0 Å². The molecule has 1 aliphatic rings. The Labute approximate surface area is 125 Å². The average Bonchev–Trinajstić information content (AvgIpc) is 2.96. The molecule has 7 heteroatoms. The number of carboxylic acids is 1. The van der Waals surface area contributed by atoms with Crippen molar-refractivity contribution in [2.45, 2.75) is 52.1 Å². The predicted octanol–water partition coefficient (Wildman–Crippen LogP) is 0.796. The van der Waals surface area contributed by atoms with Gasteiger partial charge in [0.15, 0.2) is 0 Å². The minimum Gasteiger partial charge on any atom is -0.480 e. The summed E-state index contributed by atoms with van der Waals surface area (Å²) in [6.45, 7) is 6.67. The first-order chi connectivity index (χ1) is 9.86. The molecule has 1 rings (SSSR count). The highest BCUT2D eigenvalue weighted by Crippen LogP contribution is 2.10. The molecular formula is C14H25N3O4. The number of hydrogen-bond donors (Lipinski definition) is 3. The summed E-state index contributed by atoms with van der Waals surface area (Å²) in [4.78, 5) is 36.8. The first kappa shape index (κ1) is 17.3. The quantitative estimate of drug-likeness (QED) is 0.675. The zero-order valence-corrected chi connectivity index (χ0v) is 12.9. The second kappa shape index (κ2) is 7.85. The van der Waals surface area contributed by atoms with Gasteiger partial charge in [0.05, 0.1) is 0 Å². The largest absolute Gasteiger partial charge is 0.480 e. The number of carboxylic acid groups (broad SMARTS) is 1. The van der Waals surface area contributed by atoms with Crippen molar-refractivity contribution in [1.29, 1.82) is 0 Å². The Morgan fingerprint density at radius 1 is 1.14 bits per heavy atom.